The van der Waals surface area contributed by atoms with E-state index >= 15 is 0 Å². The number of fused-ring (bicyclic) bond motifs is 1. The highest BCUT2D eigenvalue weighted by atomic mass is 16.5. The summed E-state index contributed by atoms with van der Waals surface area (Å²) in [6.07, 6.45) is 6.52. The molecule has 3 rings (SSSR count). The Balaban J connectivity index is 1.57. The Morgan fingerprint density at radius 2 is 2.19 bits per heavy atom. The second-order valence-electron chi connectivity index (χ2n) is 6.36. The third-order valence-corrected chi connectivity index (χ3v) is 4.78. The van der Waals surface area contributed by atoms with Crippen LogP contribution >= 0.6 is 0 Å². The largest absolute Gasteiger partial charge is 0.383 e. The zero-order chi connectivity index (χ0) is 14.5. The molecule has 0 aromatic heterocycles. The maximum Gasteiger partial charge on any atom is 0.0702 e. The number of ether oxygens (including phenoxy) is 1. The molecule has 21 heavy (non-hydrogen) atoms. The molecular weight excluding hydrogens is 260 g/mol. The zero-order valence-electron chi connectivity index (χ0n) is 13.2. The number of likely N-dealkylation sites (tertiary alicyclic amines) is 1. The molecule has 2 unspecified atom stereocenters. The minimum Gasteiger partial charge on any atom is -0.383 e. The fourth-order valence-corrected chi connectivity index (χ4v) is 3.59. The summed E-state index contributed by atoms with van der Waals surface area (Å²) in [6.45, 7) is 6.51. The first-order valence-electron chi connectivity index (χ1n) is 8.54. The van der Waals surface area contributed by atoms with E-state index in [0.29, 0.717) is 12.1 Å². The Labute approximate surface area is 128 Å². The summed E-state index contributed by atoms with van der Waals surface area (Å²) in [7, 11) is 0. The normalized spacial score (nSPS) is 26.7. The van der Waals surface area contributed by atoms with E-state index in [1.807, 2.05) is 0 Å². The molecule has 1 N–H and O–H groups in total. The van der Waals surface area contributed by atoms with Gasteiger partial charge in [-0.15, -0.1) is 0 Å². The van der Waals surface area contributed by atoms with Crippen LogP contribution in [0.25, 0.3) is 0 Å². The number of rotatable bonds is 4. The van der Waals surface area contributed by atoms with Crippen LogP contribution in [-0.2, 0) is 11.2 Å². The fourth-order valence-electron chi connectivity index (χ4n) is 3.59. The van der Waals surface area contributed by atoms with Crippen LogP contribution in [0.3, 0.4) is 0 Å². The number of anilines is 1. The number of nitrogens with zero attached hydrogens (tertiary/aromatic N) is 1. The van der Waals surface area contributed by atoms with Crippen molar-refractivity contribution in [2.75, 3.05) is 31.6 Å². The van der Waals surface area contributed by atoms with Crippen molar-refractivity contribution in [1.82, 2.24) is 4.90 Å². The van der Waals surface area contributed by atoms with Gasteiger partial charge >= 0.3 is 0 Å². The van der Waals surface area contributed by atoms with Crippen LogP contribution < -0.4 is 5.32 Å². The van der Waals surface area contributed by atoms with Gasteiger partial charge in [0.15, 0.2) is 0 Å². The average molecular weight is 288 g/mol. The van der Waals surface area contributed by atoms with Crippen LogP contribution in [0.15, 0.2) is 24.3 Å². The summed E-state index contributed by atoms with van der Waals surface area (Å²) in [5, 5.41) is 3.65. The van der Waals surface area contributed by atoms with Gasteiger partial charge < -0.3 is 10.1 Å². The number of para-hydroxylation sites is 1. The van der Waals surface area contributed by atoms with Crippen molar-refractivity contribution in [2.45, 2.75) is 51.2 Å². The number of hydrogen-bond acceptors (Lipinski definition) is 3. The highest BCUT2D eigenvalue weighted by molar-refractivity contribution is 5.52. The molecule has 1 fully saturated rings. The van der Waals surface area contributed by atoms with Gasteiger partial charge in [0.25, 0.3) is 0 Å². The molecule has 2 heterocycles. The quantitative estimate of drug-likeness (QED) is 0.920. The number of benzene rings is 1. The van der Waals surface area contributed by atoms with E-state index in [9.17, 15) is 0 Å². The van der Waals surface area contributed by atoms with Gasteiger partial charge in [0.05, 0.1) is 6.10 Å². The zero-order valence-corrected chi connectivity index (χ0v) is 13.2. The van der Waals surface area contributed by atoms with Crippen molar-refractivity contribution >= 4 is 5.69 Å². The van der Waals surface area contributed by atoms with E-state index in [4.69, 9.17) is 4.74 Å². The monoisotopic (exact) mass is 288 g/mol. The Morgan fingerprint density at radius 3 is 3.10 bits per heavy atom. The van der Waals surface area contributed by atoms with E-state index < -0.39 is 0 Å². The molecule has 0 spiro atoms. The fraction of sp³-hybridized carbons (Fsp3) is 0.667. The predicted octanol–water partition coefficient (Wildman–Crippen LogP) is 3.30. The van der Waals surface area contributed by atoms with Crippen molar-refractivity contribution in [1.29, 1.82) is 0 Å². The molecule has 0 radical (unpaired) electrons. The van der Waals surface area contributed by atoms with Gasteiger partial charge in [-0.2, -0.15) is 0 Å². The second kappa shape index (κ2) is 7.28. The van der Waals surface area contributed by atoms with Gasteiger partial charge in [0, 0.05) is 31.4 Å². The molecule has 2 aliphatic heterocycles. The molecule has 1 saturated heterocycles. The topological polar surface area (TPSA) is 24.5 Å². The smallest absolute Gasteiger partial charge is 0.0702 e. The molecule has 1 aromatic rings. The van der Waals surface area contributed by atoms with Crippen molar-refractivity contribution < 1.29 is 4.74 Å². The van der Waals surface area contributed by atoms with E-state index in [2.05, 4.69) is 41.4 Å². The number of piperidine rings is 1. The van der Waals surface area contributed by atoms with Crippen LogP contribution in [0.4, 0.5) is 5.69 Å². The Morgan fingerprint density at radius 1 is 1.29 bits per heavy atom. The molecule has 2 atom stereocenters. The first-order valence-corrected chi connectivity index (χ1v) is 8.54. The first kappa shape index (κ1) is 14.9. The van der Waals surface area contributed by atoms with E-state index in [0.717, 1.165) is 26.1 Å². The highest BCUT2D eigenvalue weighted by Gasteiger charge is 2.27. The minimum atomic E-state index is 0.448. The lowest BCUT2D eigenvalue weighted by Gasteiger charge is -2.37. The molecule has 116 valence electrons. The summed E-state index contributed by atoms with van der Waals surface area (Å²) in [5.41, 5.74) is 2.80. The second-order valence-corrected chi connectivity index (χ2v) is 6.36. The molecule has 0 saturated carbocycles. The molecule has 1 aromatic carbocycles. The number of aryl methyl sites for hydroxylation is 1. The summed E-state index contributed by atoms with van der Waals surface area (Å²) in [5.74, 6) is 0. The molecule has 2 aliphatic rings. The number of hydrogen-bond donors (Lipinski definition) is 1. The summed E-state index contributed by atoms with van der Waals surface area (Å²) in [6, 6.07) is 9.39. The summed E-state index contributed by atoms with van der Waals surface area (Å²) < 4.78 is 5.98. The molecule has 3 nitrogen and oxygen atoms in total. The summed E-state index contributed by atoms with van der Waals surface area (Å²) in [4.78, 5) is 2.66. The van der Waals surface area contributed by atoms with Crippen LogP contribution in [0, 0.1) is 0 Å². The maximum absolute atomic E-state index is 5.98. The lowest BCUT2D eigenvalue weighted by molar-refractivity contribution is -0.0117. The maximum atomic E-state index is 5.98. The SMILES string of the molecule is CCCOC1CCCN(C2CCc3ccccc3NC2)C1. The van der Waals surface area contributed by atoms with E-state index in [1.165, 1.54) is 43.5 Å². The van der Waals surface area contributed by atoms with Gasteiger partial charge in [0.2, 0.25) is 0 Å². The number of nitrogens with one attached hydrogen (secondary N) is 1. The lowest BCUT2D eigenvalue weighted by atomic mass is 10.0. The van der Waals surface area contributed by atoms with Crippen molar-refractivity contribution in [3.8, 4) is 0 Å². The Bertz CT molecular complexity index is 422. The van der Waals surface area contributed by atoms with Gasteiger partial charge in [-0.05, 0) is 50.3 Å². The molecular formula is C18H28N2O. The first-order chi connectivity index (χ1) is 10.4. The summed E-state index contributed by atoms with van der Waals surface area (Å²) >= 11 is 0. The molecule has 0 bridgehead atoms. The molecule has 3 heteroatoms. The highest BCUT2D eigenvalue weighted by Crippen LogP contribution is 2.25. The third-order valence-electron chi connectivity index (χ3n) is 4.78. The standard InChI is InChI=1S/C18H28N2O/c1-2-12-21-17-7-5-11-20(14-17)16-10-9-15-6-3-4-8-18(15)19-13-16/h3-4,6,8,16-17,19H,2,5,7,9-14H2,1H3. The Kier molecular flexibility index (Phi) is 5.15. The van der Waals surface area contributed by atoms with Gasteiger partial charge in [-0.3, -0.25) is 4.90 Å². The minimum absolute atomic E-state index is 0.448. The van der Waals surface area contributed by atoms with Gasteiger partial charge in [-0.25, -0.2) is 0 Å². The average Bonchev–Trinajstić information content (AvgIpc) is 2.76. The lowest BCUT2D eigenvalue weighted by Crippen LogP contribution is -2.48. The van der Waals surface area contributed by atoms with E-state index in [1.54, 1.807) is 0 Å². The van der Waals surface area contributed by atoms with Crippen molar-refractivity contribution in [3.05, 3.63) is 29.8 Å². The van der Waals surface area contributed by atoms with Crippen LogP contribution in [-0.4, -0.2) is 43.3 Å². The van der Waals surface area contributed by atoms with Crippen molar-refractivity contribution in [2.24, 2.45) is 0 Å². The third kappa shape index (κ3) is 3.78. The predicted molar refractivity (Wildman–Crippen MR) is 87.9 cm³/mol. The molecule has 0 amide bonds. The van der Waals surface area contributed by atoms with Crippen LogP contribution in [0.5, 0.6) is 0 Å². The van der Waals surface area contributed by atoms with Crippen molar-refractivity contribution in [3.63, 3.8) is 0 Å². The molecule has 0 aliphatic carbocycles. The van der Waals surface area contributed by atoms with Gasteiger partial charge in [-0.1, -0.05) is 25.1 Å². The van der Waals surface area contributed by atoms with E-state index in [-0.39, 0.29) is 0 Å². The van der Waals surface area contributed by atoms with Gasteiger partial charge in [0.1, 0.15) is 0 Å². The van der Waals surface area contributed by atoms with Crippen LogP contribution in [0.1, 0.15) is 38.2 Å². The Hall–Kier alpha value is -1.06. The van der Waals surface area contributed by atoms with Crippen LogP contribution in [0.2, 0.25) is 0 Å².